The van der Waals surface area contributed by atoms with E-state index in [0.29, 0.717) is 26.4 Å². The molecule has 0 saturated carbocycles. The quantitative estimate of drug-likeness (QED) is 0.380. The van der Waals surface area contributed by atoms with Crippen LogP contribution in [-0.4, -0.2) is 44.4 Å². The van der Waals surface area contributed by atoms with E-state index >= 15 is 0 Å². The molecule has 2 N–H and O–H groups in total. The molecule has 8 nitrogen and oxygen atoms in total. The van der Waals surface area contributed by atoms with Crippen molar-refractivity contribution in [3.05, 3.63) is 72.4 Å². The third-order valence-electron chi connectivity index (χ3n) is 4.80. The first-order chi connectivity index (χ1) is 15.2. The zero-order valence-corrected chi connectivity index (χ0v) is 17.4. The molecule has 0 spiro atoms. The second-order valence-electron chi connectivity index (χ2n) is 7.02. The Morgan fingerprint density at radius 3 is 2.81 bits per heavy atom. The maximum Gasteiger partial charge on any atom is 0.158 e. The van der Waals surface area contributed by atoms with E-state index in [4.69, 9.17) is 14.6 Å². The number of nitrogens with one attached hydrogen (secondary N) is 1. The van der Waals surface area contributed by atoms with Gasteiger partial charge in [0.15, 0.2) is 5.82 Å². The van der Waals surface area contributed by atoms with Gasteiger partial charge in [0.1, 0.15) is 24.2 Å². The Labute approximate surface area is 180 Å². The second kappa shape index (κ2) is 10.0. The summed E-state index contributed by atoms with van der Waals surface area (Å²) in [4.78, 5) is 13.1. The standard InChI is InChI=1S/C23H25N5O3/c1-17-14-18(5-6-21(17)31-15-19-4-2-3-8-24-19)27-23-22-20(25-16-26-23)7-9-28(22)10-12-30-13-11-29/h2-9,14,16,29H,10-13,15H2,1H3,(H,25,26,27). The second-order valence-corrected chi connectivity index (χ2v) is 7.02. The summed E-state index contributed by atoms with van der Waals surface area (Å²) >= 11 is 0. The first-order valence-electron chi connectivity index (χ1n) is 10.1. The molecule has 0 aliphatic carbocycles. The van der Waals surface area contributed by atoms with Crippen molar-refractivity contribution < 1.29 is 14.6 Å². The van der Waals surface area contributed by atoms with Crippen molar-refractivity contribution in [2.24, 2.45) is 0 Å². The van der Waals surface area contributed by atoms with Gasteiger partial charge in [0.05, 0.1) is 31.0 Å². The van der Waals surface area contributed by atoms with E-state index in [-0.39, 0.29) is 6.61 Å². The number of pyridine rings is 1. The number of fused-ring (bicyclic) bond motifs is 1. The van der Waals surface area contributed by atoms with Crippen LogP contribution in [0.1, 0.15) is 11.3 Å². The highest BCUT2D eigenvalue weighted by atomic mass is 16.5. The molecule has 1 aromatic carbocycles. The minimum Gasteiger partial charge on any atom is -0.487 e. The Morgan fingerprint density at radius 1 is 1.06 bits per heavy atom. The van der Waals surface area contributed by atoms with Gasteiger partial charge in [-0.1, -0.05) is 6.07 Å². The lowest BCUT2D eigenvalue weighted by Crippen LogP contribution is -2.09. The van der Waals surface area contributed by atoms with Crippen LogP contribution < -0.4 is 10.1 Å². The molecule has 160 valence electrons. The first-order valence-corrected chi connectivity index (χ1v) is 10.1. The van der Waals surface area contributed by atoms with Gasteiger partial charge in [0.25, 0.3) is 0 Å². The van der Waals surface area contributed by atoms with Gasteiger partial charge in [0, 0.05) is 24.6 Å². The molecule has 0 unspecified atom stereocenters. The Kier molecular flexibility index (Phi) is 6.71. The van der Waals surface area contributed by atoms with E-state index in [1.54, 1.807) is 12.5 Å². The van der Waals surface area contributed by atoms with Gasteiger partial charge in [-0.05, 0) is 48.9 Å². The molecule has 0 saturated heterocycles. The molecule has 4 aromatic rings. The molecule has 8 heteroatoms. The van der Waals surface area contributed by atoms with Gasteiger partial charge in [-0.15, -0.1) is 0 Å². The fourth-order valence-electron chi connectivity index (χ4n) is 3.30. The Morgan fingerprint density at radius 2 is 2.00 bits per heavy atom. The van der Waals surface area contributed by atoms with Gasteiger partial charge in [0.2, 0.25) is 0 Å². The lowest BCUT2D eigenvalue weighted by molar-refractivity contribution is 0.0875. The van der Waals surface area contributed by atoms with Gasteiger partial charge in [-0.3, -0.25) is 4.98 Å². The van der Waals surface area contributed by atoms with Gasteiger partial charge in [-0.2, -0.15) is 0 Å². The summed E-state index contributed by atoms with van der Waals surface area (Å²) in [6.45, 7) is 3.92. The van der Waals surface area contributed by atoms with Crippen LogP contribution in [0.15, 0.2) is 61.2 Å². The molecule has 0 bridgehead atoms. The molecule has 0 radical (unpaired) electrons. The molecule has 31 heavy (non-hydrogen) atoms. The summed E-state index contributed by atoms with van der Waals surface area (Å²) in [7, 11) is 0. The van der Waals surface area contributed by atoms with Crippen molar-refractivity contribution in [1.82, 2.24) is 19.5 Å². The predicted octanol–water partition coefficient (Wildman–Crippen LogP) is 3.47. The fourth-order valence-corrected chi connectivity index (χ4v) is 3.30. The topological polar surface area (TPSA) is 94.3 Å². The summed E-state index contributed by atoms with van der Waals surface area (Å²) < 4.78 is 13.4. The van der Waals surface area contributed by atoms with Crippen molar-refractivity contribution >= 4 is 22.5 Å². The van der Waals surface area contributed by atoms with Crippen molar-refractivity contribution in [3.8, 4) is 5.75 Å². The van der Waals surface area contributed by atoms with Gasteiger partial charge in [-0.25, -0.2) is 9.97 Å². The van der Waals surface area contributed by atoms with Crippen LogP contribution in [0.5, 0.6) is 5.75 Å². The number of hydrogen-bond donors (Lipinski definition) is 2. The van der Waals surface area contributed by atoms with Crippen molar-refractivity contribution in [1.29, 1.82) is 0 Å². The molecule has 0 fully saturated rings. The molecule has 3 heterocycles. The van der Waals surface area contributed by atoms with Crippen LogP contribution >= 0.6 is 0 Å². The Bertz CT molecular complexity index is 1130. The summed E-state index contributed by atoms with van der Waals surface area (Å²) in [5, 5.41) is 12.3. The van der Waals surface area contributed by atoms with E-state index in [2.05, 4.69) is 20.3 Å². The monoisotopic (exact) mass is 419 g/mol. The number of ether oxygens (including phenoxy) is 2. The number of nitrogens with zero attached hydrogens (tertiary/aromatic N) is 4. The predicted molar refractivity (Wildman–Crippen MR) is 118 cm³/mol. The molecule has 0 amide bonds. The first kappa shape index (κ1) is 20.8. The number of aliphatic hydroxyl groups is 1. The number of aliphatic hydroxyl groups excluding tert-OH is 1. The number of benzene rings is 1. The van der Waals surface area contributed by atoms with Gasteiger partial charge < -0.3 is 24.5 Å². The molecular weight excluding hydrogens is 394 g/mol. The third kappa shape index (κ3) is 5.17. The lowest BCUT2D eigenvalue weighted by atomic mass is 10.2. The van der Waals surface area contributed by atoms with E-state index < -0.39 is 0 Å². The molecule has 0 aliphatic rings. The molecule has 3 aromatic heterocycles. The van der Waals surface area contributed by atoms with E-state index in [1.807, 2.05) is 60.2 Å². The summed E-state index contributed by atoms with van der Waals surface area (Å²) in [5.41, 5.74) is 4.57. The average Bonchev–Trinajstić information content (AvgIpc) is 3.21. The zero-order valence-electron chi connectivity index (χ0n) is 17.4. The minimum atomic E-state index is 0.0171. The van der Waals surface area contributed by atoms with Crippen LogP contribution in [-0.2, 0) is 17.9 Å². The summed E-state index contributed by atoms with van der Waals surface area (Å²) in [5.74, 6) is 1.53. The molecule has 0 atom stereocenters. The number of aromatic nitrogens is 4. The van der Waals surface area contributed by atoms with Crippen molar-refractivity contribution in [2.45, 2.75) is 20.1 Å². The van der Waals surface area contributed by atoms with Gasteiger partial charge >= 0.3 is 0 Å². The summed E-state index contributed by atoms with van der Waals surface area (Å²) in [6, 6.07) is 13.7. The SMILES string of the molecule is Cc1cc(Nc2ncnc3ccn(CCOCCO)c23)ccc1OCc1ccccn1. The smallest absolute Gasteiger partial charge is 0.158 e. The average molecular weight is 419 g/mol. The Hall–Kier alpha value is -3.49. The van der Waals surface area contributed by atoms with E-state index in [1.165, 1.54) is 0 Å². The number of hydrogen-bond acceptors (Lipinski definition) is 7. The highest BCUT2D eigenvalue weighted by molar-refractivity contribution is 5.88. The minimum absolute atomic E-state index is 0.0171. The van der Waals surface area contributed by atoms with Crippen LogP contribution in [0.25, 0.3) is 11.0 Å². The molecular formula is C23H25N5O3. The molecule has 0 aliphatic heterocycles. The van der Waals surface area contributed by atoms with Crippen LogP contribution in [0, 0.1) is 6.92 Å². The van der Waals surface area contributed by atoms with Crippen molar-refractivity contribution in [3.63, 3.8) is 0 Å². The maximum atomic E-state index is 8.86. The van der Waals surface area contributed by atoms with Crippen LogP contribution in [0.2, 0.25) is 0 Å². The highest BCUT2D eigenvalue weighted by Crippen LogP contribution is 2.27. The maximum absolute atomic E-state index is 8.86. The number of rotatable bonds is 10. The zero-order chi connectivity index (χ0) is 21.5. The number of aryl methyl sites for hydroxylation is 1. The van der Waals surface area contributed by atoms with Crippen LogP contribution in [0.3, 0.4) is 0 Å². The Balaban J connectivity index is 1.48. The normalized spacial score (nSPS) is 11.0. The van der Waals surface area contributed by atoms with E-state index in [9.17, 15) is 0 Å². The third-order valence-corrected chi connectivity index (χ3v) is 4.80. The van der Waals surface area contributed by atoms with Crippen molar-refractivity contribution in [2.75, 3.05) is 25.1 Å². The molecule has 4 rings (SSSR count). The van der Waals surface area contributed by atoms with E-state index in [0.717, 1.165) is 39.5 Å². The lowest BCUT2D eigenvalue weighted by Gasteiger charge is -2.13. The highest BCUT2D eigenvalue weighted by Gasteiger charge is 2.11. The number of anilines is 2. The fraction of sp³-hybridized carbons (Fsp3) is 0.261. The van der Waals surface area contributed by atoms with Crippen LogP contribution in [0.4, 0.5) is 11.5 Å². The largest absolute Gasteiger partial charge is 0.487 e. The summed E-state index contributed by atoms with van der Waals surface area (Å²) in [6.07, 6.45) is 5.27.